The molecular formula is C19H38N2O2. The van der Waals surface area contributed by atoms with Gasteiger partial charge >= 0.3 is 6.09 Å². The van der Waals surface area contributed by atoms with E-state index < -0.39 is 0 Å². The standard InChI is InChI=1S/C10H19NO2.C9H19N/c1-6-7-13-10(12)11(8(2)3)9(4)5;1-6-7-10(8(2)3)9(4)5/h6,8-9H,1,7H2,2-5H3;6,8-9H,1,7H2,2-5H3. The van der Waals surface area contributed by atoms with Crippen LogP contribution in [0.1, 0.15) is 55.4 Å². The van der Waals surface area contributed by atoms with Gasteiger partial charge in [-0.3, -0.25) is 4.90 Å². The second-order valence-electron chi connectivity index (χ2n) is 6.63. The lowest BCUT2D eigenvalue weighted by atomic mass is 10.2. The van der Waals surface area contributed by atoms with E-state index in [0.29, 0.717) is 12.1 Å². The predicted molar refractivity (Wildman–Crippen MR) is 101 cm³/mol. The number of carbonyl (C=O) groups excluding carboxylic acids is 1. The third kappa shape index (κ3) is 11.0. The first-order valence-electron chi connectivity index (χ1n) is 8.52. The first kappa shape index (κ1) is 24.0. The number of nitrogens with zero attached hydrogens (tertiary/aromatic N) is 2. The third-order valence-electron chi connectivity index (χ3n) is 3.31. The van der Waals surface area contributed by atoms with Gasteiger partial charge in [0.1, 0.15) is 6.61 Å². The van der Waals surface area contributed by atoms with Gasteiger partial charge in [-0.15, -0.1) is 6.58 Å². The number of carbonyl (C=O) groups is 1. The van der Waals surface area contributed by atoms with Crippen molar-refractivity contribution in [2.45, 2.75) is 79.6 Å². The molecule has 4 heteroatoms. The lowest BCUT2D eigenvalue weighted by Crippen LogP contribution is -2.42. The summed E-state index contributed by atoms with van der Waals surface area (Å²) < 4.78 is 4.94. The molecule has 0 saturated carbocycles. The SMILES string of the molecule is C=CCN(C(C)C)C(C)C.C=CCOC(=O)N(C(C)C)C(C)C. The zero-order valence-corrected chi connectivity index (χ0v) is 16.5. The highest BCUT2D eigenvalue weighted by atomic mass is 16.6. The van der Waals surface area contributed by atoms with Gasteiger partial charge in [0.25, 0.3) is 0 Å². The quantitative estimate of drug-likeness (QED) is 0.605. The smallest absolute Gasteiger partial charge is 0.410 e. The Morgan fingerprint density at radius 1 is 0.870 bits per heavy atom. The van der Waals surface area contributed by atoms with Crippen molar-refractivity contribution in [2.24, 2.45) is 0 Å². The molecule has 0 aliphatic rings. The van der Waals surface area contributed by atoms with Crippen molar-refractivity contribution < 1.29 is 9.53 Å². The summed E-state index contributed by atoms with van der Waals surface area (Å²) in [5, 5.41) is 0. The van der Waals surface area contributed by atoms with Crippen molar-refractivity contribution >= 4 is 6.09 Å². The van der Waals surface area contributed by atoms with Crippen LogP contribution in [-0.2, 0) is 4.74 Å². The average Bonchev–Trinajstić information content (AvgIpc) is 2.41. The molecule has 0 rings (SSSR count). The van der Waals surface area contributed by atoms with Crippen molar-refractivity contribution in [3.05, 3.63) is 25.3 Å². The molecule has 0 N–H and O–H groups in total. The third-order valence-corrected chi connectivity index (χ3v) is 3.31. The number of amides is 1. The van der Waals surface area contributed by atoms with Gasteiger partial charge in [0.05, 0.1) is 0 Å². The highest BCUT2D eigenvalue weighted by Crippen LogP contribution is 2.07. The lowest BCUT2D eigenvalue weighted by molar-refractivity contribution is 0.0876. The Morgan fingerprint density at radius 3 is 1.52 bits per heavy atom. The van der Waals surface area contributed by atoms with Crippen LogP contribution in [-0.4, -0.2) is 53.2 Å². The monoisotopic (exact) mass is 326 g/mol. The zero-order chi connectivity index (χ0) is 18.6. The minimum atomic E-state index is -0.273. The summed E-state index contributed by atoms with van der Waals surface area (Å²) in [5.74, 6) is 0. The Kier molecular flexibility index (Phi) is 13.7. The largest absolute Gasteiger partial charge is 0.445 e. The Labute approximate surface area is 144 Å². The fraction of sp³-hybridized carbons (Fsp3) is 0.737. The minimum absolute atomic E-state index is 0.164. The van der Waals surface area contributed by atoms with Gasteiger partial charge in [0, 0.05) is 30.7 Å². The number of hydrogen-bond acceptors (Lipinski definition) is 3. The molecule has 23 heavy (non-hydrogen) atoms. The summed E-state index contributed by atoms with van der Waals surface area (Å²) in [6, 6.07) is 1.57. The van der Waals surface area contributed by atoms with Crippen molar-refractivity contribution in [1.82, 2.24) is 9.80 Å². The van der Waals surface area contributed by atoms with Gasteiger partial charge in [0.15, 0.2) is 0 Å². The topological polar surface area (TPSA) is 32.8 Å². The molecule has 0 spiro atoms. The molecule has 0 aromatic carbocycles. The Morgan fingerprint density at radius 2 is 1.30 bits per heavy atom. The molecule has 0 aliphatic heterocycles. The van der Waals surface area contributed by atoms with E-state index in [9.17, 15) is 4.79 Å². The number of rotatable bonds is 8. The van der Waals surface area contributed by atoms with Crippen LogP contribution in [0.25, 0.3) is 0 Å². The second-order valence-corrected chi connectivity index (χ2v) is 6.63. The van der Waals surface area contributed by atoms with Crippen LogP contribution in [0.4, 0.5) is 4.79 Å². The summed E-state index contributed by atoms with van der Waals surface area (Å²) in [4.78, 5) is 15.5. The molecule has 0 radical (unpaired) electrons. The molecular weight excluding hydrogens is 288 g/mol. The van der Waals surface area contributed by atoms with Gasteiger partial charge < -0.3 is 9.64 Å². The molecule has 0 bridgehead atoms. The normalized spacial score (nSPS) is 10.8. The average molecular weight is 327 g/mol. The summed E-state index contributed by atoms with van der Waals surface area (Å²) in [6.45, 7) is 25.2. The maximum Gasteiger partial charge on any atom is 0.410 e. The van der Waals surface area contributed by atoms with Crippen molar-refractivity contribution in [3.8, 4) is 0 Å². The minimum Gasteiger partial charge on any atom is -0.445 e. The van der Waals surface area contributed by atoms with Gasteiger partial charge in [-0.25, -0.2) is 4.79 Å². The van der Waals surface area contributed by atoms with E-state index in [0.717, 1.165) is 6.54 Å². The zero-order valence-electron chi connectivity index (χ0n) is 16.5. The van der Waals surface area contributed by atoms with E-state index in [4.69, 9.17) is 4.74 Å². The lowest BCUT2D eigenvalue weighted by Gasteiger charge is -2.29. The Hall–Kier alpha value is -1.29. The molecule has 0 atom stereocenters. The van der Waals surface area contributed by atoms with E-state index in [2.05, 4.69) is 45.8 Å². The molecule has 0 heterocycles. The predicted octanol–water partition coefficient (Wildman–Crippen LogP) is 4.72. The van der Waals surface area contributed by atoms with E-state index in [1.807, 2.05) is 33.8 Å². The number of ether oxygens (including phenoxy) is 1. The fourth-order valence-corrected chi connectivity index (χ4v) is 2.39. The van der Waals surface area contributed by atoms with Crippen LogP contribution >= 0.6 is 0 Å². The summed E-state index contributed by atoms with van der Waals surface area (Å²) in [7, 11) is 0. The molecule has 0 fully saturated rings. The van der Waals surface area contributed by atoms with Crippen LogP contribution in [0.15, 0.2) is 25.3 Å². The molecule has 4 nitrogen and oxygen atoms in total. The van der Waals surface area contributed by atoms with Crippen LogP contribution in [0, 0.1) is 0 Å². The van der Waals surface area contributed by atoms with Crippen molar-refractivity contribution in [1.29, 1.82) is 0 Å². The fourth-order valence-electron chi connectivity index (χ4n) is 2.39. The van der Waals surface area contributed by atoms with Gasteiger partial charge in [0.2, 0.25) is 0 Å². The van der Waals surface area contributed by atoms with E-state index in [1.54, 1.807) is 11.0 Å². The Balaban J connectivity index is 0. The van der Waals surface area contributed by atoms with E-state index in [1.165, 1.54) is 0 Å². The Bertz CT molecular complexity index is 320. The van der Waals surface area contributed by atoms with Crippen LogP contribution < -0.4 is 0 Å². The molecule has 1 amide bonds. The van der Waals surface area contributed by atoms with Gasteiger partial charge in [-0.2, -0.15) is 0 Å². The summed E-state index contributed by atoms with van der Waals surface area (Å²) in [5.41, 5.74) is 0. The van der Waals surface area contributed by atoms with Crippen molar-refractivity contribution in [3.63, 3.8) is 0 Å². The molecule has 0 aromatic rings. The van der Waals surface area contributed by atoms with Crippen LogP contribution in [0.2, 0.25) is 0 Å². The highest BCUT2D eigenvalue weighted by molar-refractivity contribution is 5.68. The van der Waals surface area contributed by atoms with Crippen LogP contribution in [0.5, 0.6) is 0 Å². The maximum atomic E-state index is 11.4. The first-order valence-corrected chi connectivity index (χ1v) is 8.52. The molecule has 0 saturated heterocycles. The number of hydrogen-bond donors (Lipinski definition) is 0. The second kappa shape index (κ2) is 13.2. The summed E-state index contributed by atoms with van der Waals surface area (Å²) in [6.07, 6.45) is 3.25. The maximum absolute atomic E-state index is 11.4. The molecule has 0 unspecified atom stereocenters. The van der Waals surface area contributed by atoms with Gasteiger partial charge in [-0.05, 0) is 55.4 Å². The first-order chi connectivity index (χ1) is 10.6. The summed E-state index contributed by atoms with van der Waals surface area (Å²) >= 11 is 0. The van der Waals surface area contributed by atoms with Gasteiger partial charge in [-0.1, -0.05) is 18.7 Å². The molecule has 0 aliphatic carbocycles. The van der Waals surface area contributed by atoms with Crippen LogP contribution in [0.3, 0.4) is 0 Å². The van der Waals surface area contributed by atoms with E-state index in [-0.39, 0.29) is 24.8 Å². The van der Waals surface area contributed by atoms with E-state index >= 15 is 0 Å². The highest BCUT2D eigenvalue weighted by Gasteiger charge is 2.20. The van der Waals surface area contributed by atoms with Crippen molar-refractivity contribution in [2.75, 3.05) is 13.2 Å². The molecule has 136 valence electrons. The molecule has 0 aromatic heterocycles.